The monoisotopic (exact) mass is 408 g/mol. The van der Waals surface area contributed by atoms with E-state index in [2.05, 4.69) is 24.3 Å². The van der Waals surface area contributed by atoms with Gasteiger partial charge in [0.25, 0.3) is 0 Å². The van der Waals surface area contributed by atoms with Gasteiger partial charge in [-0.15, -0.1) is 11.8 Å². The lowest BCUT2D eigenvalue weighted by atomic mass is 10.1. The van der Waals surface area contributed by atoms with Gasteiger partial charge in [0.2, 0.25) is 0 Å². The van der Waals surface area contributed by atoms with E-state index in [0.29, 0.717) is 13.0 Å². The summed E-state index contributed by atoms with van der Waals surface area (Å²) < 4.78 is 16.4. The first-order chi connectivity index (χ1) is 13.7. The summed E-state index contributed by atoms with van der Waals surface area (Å²) in [6, 6.07) is 8.60. The maximum atomic E-state index is 11.4. The maximum absolute atomic E-state index is 11.4. The molecule has 5 nitrogen and oxygen atoms in total. The molecule has 0 saturated carbocycles. The molecule has 1 unspecified atom stereocenters. The van der Waals surface area contributed by atoms with Gasteiger partial charge in [0.15, 0.2) is 6.29 Å². The summed E-state index contributed by atoms with van der Waals surface area (Å²) in [6.07, 6.45) is 6.41. The van der Waals surface area contributed by atoms with Gasteiger partial charge in [-0.2, -0.15) is 0 Å². The fraction of sp³-hybridized carbons (Fsp3) is 0.636. The van der Waals surface area contributed by atoms with Crippen LogP contribution in [-0.4, -0.2) is 43.6 Å². The molecule has 0 N–H and O–H groups in total. The van der Waals surface area contributed by atoms with Crippen LogP contribution in [0.4, 0.5) is 0 Å². The second kappa shape index (κ2) is 13.7. The number of benzene rings is 1. The van der Waals surface area contributed by atoms with Crippen molar-refractivity contribution >= 4 is 23.5 Å². The molecule has 0 aromatic heterocycles. The summed E-state index contributed by atoms with van der Waals surface area (Å²) in [5.41, 5.74) is 1.31. The molecule has 0 amide bonds. The molecular weight excluding hydrogens is 376 g/mol. The Morgan fingerprint density at radius 2 is 1.96 bits per heavy atom. The van der Waals surface area contributed by atoms with Crippen LogP contribution in [-0.2, 0) is 30.2 Å². The van der Waals surface area contributed by atoms with E-state index in [0.717, 1.165) is 51.1 Å². The Bertz CT molecular complexity index is 581. The molecule has 1 aromatic carbocycles. The summed E-state index contributed by atoms with van der Waals surface area (Å²) in [5.74, 6) is 0.386. The van der Waals surface area contributed by atoms with Crippen LogP contribution in [0.3, 0.4) is 0 Å². The third-order valence-corrected chi connectivity index (χ3v) is 5.63. The average molecular weight is 409 g/mol. The largest absolute Gasteiger partial charge is 0.465 e. The second-order valence-corrected chi connectivity index (χ2v) is 8.07. The number of aryl methyl sites for hydroxylation is 1. The van der Waals surface area contributed by atoms with Crippen molar-refractivity contribution in [3.8, 4) is 0 Å². The van der Waals surface area contributed by atoms with Crippen LogP contribution in [0.1, 0.15) is 57.4 Å². The number of carbonyl (C=O) groups is 2. The maximum Gasteiger partial charge on any atom is 0.313 e. The summed E-state index contributed by atoms with van der Waals surface area (Å²) in [7, 11) is 0. The lowest BCUT2D eigenvalue weighted by Crippen LogP contribution is -2.22. The first kappa shape index (κ1) is 22.9. The third-order valence-electron chi connectivity index (χ3n) is 4.53. The number of esters is 1. The number of hydrogen-bond acceptors (Lipinski definition) is 6. The van der Waals surface area contributed by atoms with Gasteiger partial charge in [-0.25, -0.2) is 0 Å². The second-order valence-electron chi connectivity index (χ2n) is 6.91. The fourth-order valence-electron chi connectivity index (χ4n) is 2.86. The van der Waals surface area contributed by atoms with E-state index in [9.17, 15) is 9.59 Å². The van der Waals surface area contributed by atoms with Gasteiger partial charge in [0, 0.05) is 23.7 Å². The van der Waals surface area contributed by atoms with E-state index in [-0.39, 0.29) is 18.5 Å². The van der Waals surface area contributed by atoms with Crippen LogP contribution in [0.5, 0.6) is 0 Å². The molecule has 0 radical (unpaired) electrons. The number of rotatable bonds is 13. The zero-order valence-electron chi connectivity index (χ0n) is 16.8. The molecule has 0 bridgehead atoms. The molecule has 1 fully saturated rings. The van der Waals surface area contributed by atoms with Crippen molar-refractivity contribution in [1.29, 1.82) is 0 Å². The third kappa shape index (κ3) is 9.71. The highest BCUT2D eigenvalue weighted by atomic mass is 32.2. The van der Waals surface area contributed by atoms with Gasteiger partial charge in [0.05, 0.1) is 13.2 Å². The van der Waals surface area contributed by atoms with Crippen molar-refractivity contribution in [1.82, 2.24) is 0 Å². The molecule has 0 aliphatic carbocycles. The highest BCUT2D eigenvalue weighted by Gasteiger charge is 2.13. The average Bonchev–Trinajstić information content (AvgIpc) is 2.72. The minimum atomic E-state index is -0.416. The van der Waals surface area contributed by atoms with E-state index < -0.39 is 5.97 Å². The molecule has 1 aliphatic rings. The number of thioether (sulfide) groups is 1. The Kier molecular flexibility index (Phi) is 11.3. The highest BCUT2D eigenvalue weighted by molar-refractivity contribution is 7.99. The molecule has 1 atom stereocenters. The summed E-state index contributed by atoms with van der Waals surface area (Å²) >= 11 is 1.75. The molecule has 28 heavy (non-hydrogen) atoms. The van der Waals surface area contributed by atoms with E-state index in [1.54, 1.807) is 18.7 Å². The zero-order valence-corrected chi connectivity index (χ0v) is 17.6. The summed E-state index contributed by atoms with van der Waals surface area (Å²) in [5, 5.41) is 0. The topological polar surface area (TPSA) is 61.8 Å². The molecule has 1 aliphatic heterocycles. The minimum Gasteiger partial charge on any atom is -0.465 e. The predicted molar refractivity (Wildman–Crippen MR) is 111 cm³/mol. The van der Waals surface area contributed by atoms with Gasteiger partial charge in [0.1, 0.15) is 12.2 Å². The normalized spacial score (nSPS) is 16.7. The van der Waals surface area contributed by atoms with Gasteiger partial charge < -0.3 is 14.2 Å². The van der Waals surface area contributed by atoms with Crippen molar-refractivity contribution in [3.05, 3.63) is 29.8 Å². The van der Waals surface area contributed by atoms with Gasteiger partial charge in [-0.1, -0.05) is 19.1 Å². The molecule has 1 heterocycles. The Morgan fingerprint density at radius 1 is 1.14 bits per heavy atom. The molecule has 2 rings (SSSR count). The molecular formula is C22H32O5S. The smallest absolute Gasteiger partial charge is 0.313 e. The van der Waals surface area contributed by atoms with Gasteiger partial charge >= 0.3 is 5.97 Å². The number of hydrogen-bond donors (Lipinski definition) is 0. The van der Waals surface area contributed by atoms with Crippen molar-refractivity contribution in [2.75, 3.05) is 25.6 Å². The molecule has 1 aromatic rings. The molecule has 6 heteroatoms. The van der Waals surface area contributed by atoms with E-state index in [4.69, 9.17) is 14.2 Å². The number of ether oxygens (including phenoxy) is 3. The van der Waals surface area contributed by atoms with Crippen LogP contribution in [0, 0.1) is 0 Å². The lowest BCUT2D eigenvalue weighted by molar-refractivity contribution is -0.162. The predicted octanol–water partition coefficient (Wildman–Crippen LogP) is 4.56. The highest BCUT2D eigenvalue weighted by Crippen LogP contribution is 2.20. The van der Waals surface area contributed by atoms with Crippen LogP contribution in [0.15, 0.2) is 29.2 Å². The van der Waals surface area contributed by atoms with Gasteiger partial charge in [-0.3, -0.25) is 9.59 Å². The SMILES string of the molecule is CCC(=O)CC(=O)OCCCSc1ccc(CCCOC2CCCCO2)cc1. The number of Topliss-reactive ketones (excluding diaryl/α,β-unsaturated/α-hetero) is 1. The van der Waals surface area contributed by atoms with E-state index in [1.165, 1.54) is 16.9 Å². The quantitative estimate of drug-likeness (QED) is 0.206. The summed E-state index contributed by atoms with van der Waals surface area (Å²) in [6.45, 7) is 3.68. The Balaban J connectivity index is 1.52. The lowest BCUT2D eigenvalue weighted by Gasteiger charge is -2.22. The minimum absolute atomic E-state index is 0.000989. The van der Waals surface area contributed by atoms with Crippen molar-refractivity contribution in [3.63, 3.8) is 0 Å². The molecule has 156 valence electrons. The van der Waals surface area contributed by atoms with Gasteiger partial charge in [-0.05, 0) is 56.2 Å². The fourth-order valence-corrected chi connectivity index (χ4v) is 3.68. The molecule has 1 saturated heterocycles. The van der Waals surface area contributed by atoms with E-state index in [1.807, 2.05) is 0 Å². The Hall–Kier alpha value is -1.37. The zero-order chi connectivity index (χ0) is 20.0. The van der Waals surface area contributed by atoms with Crippen molar-refractivity contribution in [2.45, 2.75) is 69.5 Å². The Morgan fingerprint density at radius 3 is 2.68 bits per heavy atom. The van der Waals surface area contributed by atoms with Crippen molar-refractivity contribution < 1.29 is 23.8 Å². The first-order valence-electron chi connectivity index (χ1n) is 10.3. The van der Waals surface area contributed by atoms with E-state index >= 15 is 0 Å². The molecule has 0 spiro atoms. The standard InChI is InChI=1S/C22H32O5S/c1-2-19(23)17-21(24)25-15-6-16-28-20-11-9-18(10-12-20)7-5-14-27-22-8-3-4-13-26-22/h9-12,22H,2-8,13-17H2,1H3. The first-order valence-corrected chi connectivity index (χ1v) is 11.3. The summed E-state index contributed by atoms with van der Waals surface area (Å²) in [4.78, 5) is 23.8. The number of ketones is 1. The van der Waals surface area contributed by atoms with Crippen molar-refractivity contribution in [2.24, 2.45) is 0 Å². The Labute approximate surface area is 172 Å². The van der Waals surface area contributed by atoms with Crippen LogP contribution >= 0.6 is 11.8 Å². The van der Waals surface area contributed by atoms with Crippen LogP contribution in [0.2, 0.25) is 0 Å². The number of carbonyl (C=O) groups excluding carboxylic acids is 2. The van der Waals surface area contributed by atoms with Crippen LogP contribution in [0.25, 0.3) is 0 Å². The van der Waals surface area contributed by atoms with Crippen LogP contribution < -0.4 is 0 Å².